The lowest BCUT2D eigenvalue weighted by Gasteiger charge is -1.98. The predicted octanol–water partition coefficient (Wildman–Crippen LogP) is 5.03. The van der Waals surface area contributed by atoms with Crippen LogP contribution < -0.4 is 0 Å². The number of nitrogens with zero attached hydrogens (tertiary/aromatic N) is 1. The molecule has 3 rings (SSSR count). The van der Waals surface area contributed by atoms with Crippen molar-refractivity contribution in [2.24, 2.45) is 0 Å². The number of Topliss-reactive ketones (excluding diaryl/α,β-unsaturated/α-hetero) is 1. The van der Waals surface area contributed by atoms with Crippen molar-refractivity contribution in [3.05, 3.63) is 59.1 Å². The fourth-order valence-electron chi connectivity index (χ4n) is 1.76. The van der Waals surface area contributed by atoms with Crippen LogP contribution in [0.1, 0.15) is 10.4 Å². The monoisotopic (exact) mass is 383 g/mol. The molecule has 0 aliphatic heterocycles. The Kier molecular flexibility index (Phi) is 5.45. The normalized spacial score (nSPS) is 10.3. The highest BCUT2D eigenvalue weighted by Gasteiger charge is 2.10. The van der Waals surface area contributed by atoms with Crippen molar-refractivity contribution in [2.75, 3.05) is 5.75 Å². The largest absolute Gasteiger partial charge is 0.431 e. The number of fused-ring (bicyclic) bond motifs is 1. The number of hydrogen-bond acceptors (Lipinski definition) is 4. The van der Waals surface area contributed by atoms with E-state index in [2.05, 4.69) is 4.98 Å². The molecule has 0 atom stereocenters. The van der Waals surface area contributed by atoms with E-state index >= 15 is 0 Å². The molecule has 2 aromatic carbocycles. The summed E-state index contributed by atoms with van der Waals surface area (Å²) in [5.74, 6) is 0.308. The van der Waals surface area contributed by atoms with E-state index in [1.54, 1.807) is 24.3 Å². The summed E-state index contributed by atoms with van der Waals surface area (Å²) in [4.78, 5) is 16.3. The zero-order valence-electron chi connectivity index (χ0n) is 10.8. The van der Waals surface area contributed by atoms with Crippen LogP contribution in [0.5, 0.6) is 0 Å². The number of oxazole rings is 1. The van der Waals surface area contributed by atoms with Gasteiger partial charge in [-0.1, -0.05) is 35.5 Å². The highest BCUT2D eigenvalue weighted by molar-refractivity contribution is 8.93. The van der Waals surface area contributed by atoms with Crippen molar-refractivity contribution in [2.45, 2.75) is 5.22 Å². The number of thioether (sulfide) groups is 1. The second-order valence-corrected chi connectivity index (χ2v) is 5.53. The summed E-state index contributed by atoms with van der Waals surface area (Å²) in [6.45, 7) is 0. The maximum atomic E-state index is 12.0. The zero-order chi connectivity index (χ0) is 13.9. The van der Waals surface area contributed by atoms with Gasteiger partial charge in [0, 0.05) is 10.6 Å². The van der Waals surface area contributed by atoms with Gasteiger partial charge >= 0.3 is 0 Å². The fourth-order valence-corrected chi connectivity index (χ4v) is 2.62. The average molecular weight is 385 g/mol. The predicted molar refractivity (Wildman–Crippen MR) is 90.8 cm³/mol. The molecule has 0 unspecified atom stereocenters. The highest BCUT2D eigenvalue weighted by atomic mass is 79.9. The number of ketones is 1. The van der Waals surface area contributed by atoms with Crippen LogP contribution in [0.25, 0.3) is 11.1 Å². The van der Waals surface area contributed by atoms with Crippen molar-refractivity contribution in [1.29, 1.82) is 0 Å². The number of rotatable bonds is 4. The Morgan fingerprint density at radius 3 is 2.57 bits per heavy atom. The first-order chi connectivity index (χ1) is 9.72. The Bertz CT molecular complexity index is 725. The number of para-hydroxylation sites is 2. The molecule has 3 aromatic rings. The minimum atomic E-state index is 0. The van der Waals surface area contributed by atoms with Gasteiger partial charge in [-0.15, -0.1) is 17.0 Å². The molecule has 1 aromatic heterocycles. The minimum absolute atomic E-state index is 0. The lowest BCUT2D eigenvalue weighted by Crippen LogP contribution is -2.01. The SMILES string of the molecule is Br.O=C(CSc1nc2ccccc2o1)c1ccc(Cl)cc1. The van der Waals surface area contributed by atoms with Crippen LogP contribution in [-0.2, 0) is 0 Å². The second-order valence-electron chi connectivity index (χ2n) is 4.17. The molecule has 3 nitrogen and oxygen atoms in total. The van der Waals surface area contributed by atoms with Crippen LogP contribution in [0.15, 0.2) is 58.2 Å². The third-order valence-corrected chi connectivity index (χ3v) is 3.85. The summed E-state index contributed by atoms with van der Waals surface area (Å²) in [7, 11) is 0. The Morgan fingerprint density at radius 2 is 1.86 bits per heavy atom. The van der Waals surface area contributed by atoms with Crippen molar-refractivity contribution in [1.82, 2.24) is 4.98 Å². The third-order valence-electron chi connectivity index (χ3n) is 2.77. The molecule has 108 valence electrons. The summed E-state index contributed by atoms with van der Waals surface area (Å²) in [5.41, 5.74) is 2.17. The zero-order valence-corrected chi connectivity index (χ0v) is 14.1. The molecule has 0 bridgehead atoms. The number of aromatic nitrogens is 1. The number of carbonyl (C=O) groups is 1. The van der Waals surface area contributed by atoms with E-state index in [-0.39, 0.29) is 28.5 Å². The standard InChI is InChI=1S/C15H10ClNO2S.BrH/c16-11-7-5-10(6-8-11)13(18)9-20-15-17-12-3-1-2-4-14(12)19-15;/h1-8H,9H2;1H. The molecule has 0 radical (unpaired) electrons. The molecule has 1 heterocycles. The summed E-state index contributed by atoms with van der Waals surface area (Å²) < 4.78 is 5.55. The van der Waals surface area contributed by atoms with Crippen LogP contribution in [-0.4, -0.2) is 16.5 Å². The average Bonchev–Trinajstić information content (AvgIpc) is 2.88. The highest BCUT2D eigenvalue weighted by Crippen LogP contribution is 2.24. The van der Waals surface area contributed by atoms with Gasteiger partial charge in [0.2, 0.25) is 0 Å². The molecular formula is C15H11BrClNO2S. The van der Waals surface area contributed by atoms with Gasteiger partial charge in [0.05, 0.1) is 5.75 Å². The smallest absolute Gasteiger partial charge is 0.257 e. The quantitative estimate of drug-likeness (QED) is 0.467. The molecule has 0 N–H and O–H groups in total. The first kappa shape index (κ1) is 16.1. The van der Waals surface area contributed by atoms with E-state index in [1.807, 2.05) is 24.3 Å². The topological polar surface area (TPSA) is 43.1 Å². The molecule has 0 fully saturated rings. The summed E-state index contributed by atoms with van der Waals surface area (Å²) in [5, 5.41) is 1.13. The molecule has 6 heteroatoms. The van der Waals surface area contributed by atoms with Gasteiger partial charge in [-0.2, -0.15) is 0 Å². The third kappa shape index (κ3) is 3.87. The number of carbonyl (C=O) groups excluding carboxylic acids is 1. The van der Waals surface area contributed by atoms with Crippen molar-refractivity contribution in [3.8, 4) is 0 Å². The molecule has 0 spiro atoms. The summed E-state index contributed by atoms with van der Waals surface area (Å²) >= 11 is 7.09. The molecule has 0 amide bonds. The van der Waals surface area contributed by atoms with E-state index < -0.39 is 0 Å². The van der Waals surface area contributed by atoms with Crippen LogP contribution in [0.3, 0.4) is 0 Å². The van der Waals surface area contributed by atoms with E-state index in [0.717, 1.165) is 11.1 Å². The summed E-state index contributed by atoms with van der Waals surface area (Å²) in [6.07, 6.45) is 0. The van der Waals surface area contributed by atoms with Crippen molar-refractivity contribution in [3.63, 3.8) is 0 Å². The molecule has 0 aliphatic carbocycles. The van der Waals surface area contributed by atoms with E-state index in [4.69, 9.17) is 16.0 Å². The lowest BCUT2D eigenvalue weighted by atomic mass is 10.1. The van der Waals surface area contributed by atoms with Gasteiger partial charge in [-0.25, -0.2) is 4.98 Å². The first-order valence-electron chi connectivity index (χ1n) is 5.99. The van der Waals surface area contributed by atoms with Gasteiger partial charge in [-0.3, -0.25) is 4.79 Å². The van der Waals surface area contributed by atoms with Crippen LogP contribution in [0, 0.1) is 0 Å². The van der Waals surface area contributed by atoms with Gasteiger partial charge in [0.1, 0.15) is 5.52 Å². The molecule has 0 saturated heterocycles. The Morgan fingerprint density at radius 1 is 1.14 bits per heavy atom. The van der Waals surface area contributed by atoms with Crippen LogP contribution >= 0.6 is 40.3 Å². The first-order valence-corrected chi connectivity index (χ1v) is 7.36. The van der Waals surface area contributed by atoms with Crippen LogP contribution in [0.2, 0.25) is 5.02 Å². The maximum Gasteiger partial charge on any atom is 0.257 e. The Hall–Kier alpha value is -1.30. The second kappa shape index (κ2) is 7.11. The van der Waals surface area contributed by atoms with Gasteiger partial charge in [0.25, 0.3) is 5.22 Å². The number of hydrogen-bond donors (Lipinski definition) is 0. The van der Waals surface area contributed by atoms with Gasteiger partial charge in [0.15, 0.2) is 11.4 Å². The van der Waals surface area contributed by atoms with Gasteiger partial charge < -0.3 is 4.42 Å². The van der Waals surface area contributed by atoms with Crippen molar-refractivity contribution < 1.29 is 9.21 Å². The minimum Gasteiger partial charge on any atom is -0.431 e. The van der Waals surface area contributed by atoms with Crippen LogP contribution in [0.4, 0.5) is 0 Å². The van der Waals surface area contributed by atoms with E-state index in [9.17, 15) is 4.79 Å². The van der Waals surface area contributed by atoms with E-state index in [0.29, 0.717) is 15.8 Å². The molecular weight excluding hydrogens is 374 g/mol. The lowest BCUT2D eigenvalue weighted by molar-refractivity contribution is 0.102. The maximum absolute atomic E-state index is 12.0. The van der Waals surface area contributed by atoms with Gasteiger partial charge in [-0.05, 0) is 36.4 Å². The van der Waals surface area contributed by atoms with Crippen molar-refractivity contribution >= 4 is 57.2 Å². The number of halogens is 2. The number of benzene rings is 2. The summed E-state index contributed by atoms with van der Waals surface area (Å²) in [6, 6.07) is 14.4. The molecule has 21 heavy (non-hydrogen) atoms. The molecule has 0 saturated carbocycles. The molecule has 0 aliphatic rings. The Labute approximate surface area is 141 Å². The Balaban J connectivity index is 0.00000161. The fraction of sp³-hybridized carbons (Fsp3) is 0.0667. The van der Waals surface area contributed by atoms with E-state index in [1.165, 1.54) is 11.8 Å².